The smallest absolute Gasteiger partial charge is 0.258 e. The normalized spacial score (nSPS) is 18.9. The number of halogens is 1. The van der Waals surface area contributed by atoms with E-state index in [0.29, 0.717) is 47.4 Å². The third kappa shape index (κ3) is 4.87. The summed E-state index contributed by atoms with van der Waals surface area (Å²) >= 11 is 6.03. The van der Waals surface area contributed by atoms with Gasteiger partial charge in [-0.05, 0) is 37.5 Å². The number of ether oxygens (including phenoxy) is 1. The fourth-order valence-corrected chi connectivity index (χ4v) is 3.73. The lowest BCUT2D eigenvalue weighted by atomic mass is 10.1. The molecule has 0 aliphatic carbocycles. The Morgan fingerprint density at radius 2 is 2.17 bits per heavy atom. The first kappa shape index (κ1) is 21.1. The van der Waals surface area contributed by atoms with Gasteiger partial charge in [-0.25, -0.2) is 4.98 Å². The van der Waals surface area contributed by atoms with Gasteiger partial charge in [0.05, 0.1) is 18.7 Å². The Morgan fingerprint density at radius 3 is 2.79 bits per heavy atom. The van der Waals surface area contributed by atoms with Gasteiger partial charge in [-0.2, -0.15) is 5.10 Å². The number of aromatic nitrogens is 3. The first-order valence-corrected chi connectivity index (χ1v) is 9.99. The van der Waals surface area contributed by atoms with Crippen molar-refractivity contribution < 1.29 is 14.3 Å². The quantitative estimate of drug-likeness (QED) is 0.749. The second kappa shape index (κ2) is 8.82. The van der Waals surface area contributed by atoms with Crippen molar-refractivity contribution in [3.05, 3.63) is 40.4 Å². The lowest BCUT2D eigenvalue weighted by Crippen LogP contribution is -2.39. The molecule has 1 fully saturated rings. The highest BCUT2D eigenvalue weighted by atomic mass is 35.5. The van der Waals surface area contributed by atoms with E-state index >= 15 is 0 Å². The molecule has 8 nitrogen and oxygen atoms in total. The highest BCUT2D eigenvalue weighted by Gasteiger charge is 2.40. The third-order valence-electron chi connectivity index (χ3n) is 4.83. The number of aryl methyl sites for hydroxylation is 1. The van der Waals surface area contributed by atoms with Gasteiger partial charge in [0.15, 0.2) is 5.82 Å². The molecule has 0 unspecified atom stereocenters. The zero-order valence-electron chi connectivity index (χ0n) is 17.0. The van der Waals surface area contributed by atoms with Crippen LogP contribution in [0.4, 0.5) is 0 Å². The Hall–Kier alpha value is -2.61. The van der Waals surface area contributed by atoms with E-state index in [0.717, 1.165) is 0 Å². The molecule has 1 aromatic carbocycles. The van der Waals surface area contributed by atoms with Crippen LogP contribution >= 0.6 is 11.6 Å². The summed E-state index contributed by atoms with van der Waals surface area (Å²) in [5, 5.41) is 10.6. The standard InChI is InChI=1S/C20H26ClN5O3/c1-11(2)7-18(27)23-14-9-16(19-22-12(3)24-25-19)26(10-14)20(28)15-6-5-13(21)8-17(15)29-4/h5-6,8,11,14,16H,7,9-10H2,1-4H3,(H,23,27)(H,22,24,25)/t14-,16-/m0/s1. The van der Waals surface area contributed by atoms with Crippen molar-refractivity contribution in [3.63, 3.8) is 0 Å². The van der Waals surface area contributed by atoms with Crippen LogP contribution in [0.5, 0.6) is 5.75 Å². The van der Waals surface area contributed by atoms with Gasteiger partial charge in [0.1, 0.15) is 11.6 Å². The molecule has 2 amide bonds. The maximum absolute atomic E-state index is 13.4. The topological polar surface area (TPSA) is 100 Å². The number of H-pyrrole nitrogens is 1. The molecule has 2 aromatic rings. The summed E-state index contributed by atoms with van der Waals surface area (Å²) in [4.78, 5) is 31.7. The van der Waals surface area contributed by atoms with Crippen LogP contribution in [-0.2, 0) is 4.79 Å². The predicted molar refractivity (Wildman–Crippen MR) is 109 cm³/mol. The number of methoxy groups -OCH3 is 1. The van der Waals surface area contributed by atoms with Crippen molar-refractivity contribution in [1.82, 2.24) is 25.4 Å². The molecule has 1 aliphatic heterocycles. The largest absolute Gasteiger partial charge is 0.496 e. The fraction of sp³-hybridized carbons (Fsp3) is 0.500. The van der Waals surface area contributed by atoms with Crippen LogP contribution in [0.25, 0.3) is 0 Å². The molecule has 0 saturated carbocycles. The minimum Gasteiger partial charge on any atom is -0.496 e. The van der Waals surface area contributed by atoms with Crippen molar-refractivity contribution in [2.45, 2.75) is 45.7 Å². The molecular weight excluding hydrogens is 394 g/mol. The Balaban J connectivity index is 1.87. The van der Waals surface area contributed by atoms with Crippen molar-refractivity contribution in [3.8, 4) is 5.75 Å². The van der Waals surface area contributed by atoms with Crippen LogP contribution < -0.4 is 10.1 Å². The summed E-state index contributed by atoms with van der Waals surface area (Å²) < 4.78 is 5.35. The van der Waals surface area contributed by atoms with E-state index in [1.165, 1.54) is 7.11 Å². The summed E-state index contributed by atoms with van der Waals surface area (Å²) in [6.45, 7) is 6.17. The predicted octanol–water partition coefficient (Wildman–Crippen LogP) is 2.89. The molecule has 156 valence electrons. The number of rotatable bonds is 6. The van der Waals surface area contributed by atoms with E-state index in [9.17, 15) is 9.59 Å². The fourth-order valence-electron chi connectivity index (χ4n) is 3.57. The first-order valence-electron chi connectivity index (χ1n) is 9.61. The first-order chi connectivity index (χ1) is 13.8. The van der Waals surface area contributed by atoms with Gasteiger partial charge in [-0.1, -0.05) is 25.4 Å². The molecule has 2 heterocycles. The van der Waals surface area contributed by atoms with Gasteiger partial charge in [-0.3, -0.25) is 14.7 Å². The van der Waals surface area contributed by atoms with Gasteiger partial charge in [0, 0.05) is 24.0 Å². The van der Waals surface area contributed by atoms with Gasteiger partial charge in [0.25, 0.3) is 5.91 Å². The van der Waals surface area contributed by atoms with Crippen molar-refractivity contribution in [2.24, 2.45) is 5.92 Å². The van der Waals surface area contributed by atoms with E-state index in [1.54, 1.807) is 23.1 Å². The highest BCUT2D eigenvalue weighted by Crippen LogP contribution is 2.34. The number of nitrogens with zero attached hydrogens (tertiary/aromatic N) is 3. The number of carbonyl (C=O) groups is 2. The van der Waals surface area contributed by atoms with Gasteiger partial charge < -0.3 is 15.0 Å². The summed E-state index contributed by atoms with van der Waals surface area (Å²) in [5.74, 6) is 1.63. The van der Waals surface area contributed by atoms with Crippen LogP contribution in [0.2, 0.25) is 5.02 Å². The Labute approximate surface area is 175 Å². The maximum Gasteiger partial charge on any atom is 0.258 e. The molecule has 0 radical (unpaired) electrons. The van der Waals surface area contributed by atoms with Gasteiger partial charge in [0.2, 0.25) is 5.91 Å². The van der Waals surface area contributed by atoms with Crippen LogP contribution in [0.3, 0.4) is 0 Å². The molecule has 9 heteroatoms. The monoisotopic (exact) mass is 419 g/mol. The molecule has 29 heavy (non-hydrogen) atoms. The average Bonchev–Trinajstić information content (AvgIpc) is 3.26. The Kier molecular flexibility index (Phi) is 6.42. The SMILES string of the molecule is COc1cc(Cl)ccc1C(=O)N1C[C@@H](NC(=O)CC(C)C)C[C@H]1c1n[nH]c(C)n1. The average molecular weight is 420 g/mol. The maximum atomic E-state index is 13.4. The van der Waals surface area contributed by atoms with Crippen molar-refractivity contribution in [2.75, 3.05) is 13.7 Å². The zero-order chi connectivity index (χ0) is 21.1. The van der Waals surface area contributed by atoms with Crippen LogP contribution in [0.15, 0.2) is 18.2 Å². The molecule has 1 saturated heterocycles. The molecule has 1 aliphatic rings. The number of amides is 2. The summed E-state index contributed by atoms with van der Waals surface area (Å²) in [6, 6.07) is 4.39. The molecule has 2 N–H and O–H groups in total. The van der Waals surface area contributed by atoms with Crippen molar-refractivity contribution >= 4 is 23.4 Å². The minimum atomic E-state index is -0.350. The van der Waals surface area contributed by atoms with Crippen LogP contribution in [-0.4, -0.2) is 51.6 Å². The lowest BCUT2D eigenvalue weighted by molar-refractivity contribution is -0.122. The van der Waals surface area contributed by atoms with E-state index in [2.05, 4.69) is 20.5 Å². The summed E-state index contributed by atoms with van der Waals surface area (Å²) in [5.41, 5.74) is 0.406. The summed E-state index contributed by atoms with van der Waals surface area (Å²) in [6.07, 6.45) is 0.989. The van der Waals surface area contributed by atoms with E-state index < -0.39 is 0 Å². The molecular formula is C20H26ClN5O3. The van der Waals surface area contributed by atoms with E-state index in [4.69, 9.17) is 16.3 Å². The number of benzene rings is 1. The molecule has 3 rings (SSSR count). The lowest BCUT2D eigenvalue weighted by Gasteiger charge is -2.23. The molecule has 2 atom stereocenters. The second-order valence-corrected chi connectivity index (χ2v) is 8.13. The Morgan fingerprint density at radius 1 is 1.41 bits per heavy atom. The number of aromatic amines is 1. The molecule has 0 bridgehead atoms. The Bertz CT molecular complexity index is 898. The highest BCUT2D eigenvalue weighted by molar-refractivity contribution is 6.30. The van der Waals surface area contributed by atoms with Crippen molar-refractivity contribution in [1.29, 1.82) is 0 Å². The summed E-state index contributed by atoms with van der Waals surface area (Å²) in [7, 11) is 1.50. The number of nitrogens with one attached hydrogen (secondary N) is 2. The zero-order valence-corrected chi connectivity index (χ0v) is 17.8. The van der Waals surface area contributed by atoms with E-state index in [1.807, 2.05) is 20.8 Å². The van der Waals surface area contributed by atoms with Gasteiger partial charge >= 0.3 is 0 Å². The molecule has 0 spiro atoms. The second-order valence-electron chi connectivity index (χ2n) is 7.70. The van der Waals surface area contributed by atoms with Crippen LogP contribution in [0, 0.1) is 12.8 Å². The minimum absolute atomic E-state index is 0.0201. The third-order valence-corrected chi connectivity index (χ3v) is 5.06. The number of hydrogen-bond donors (Lipinski definition) is 2. The van der Waals surface area contributed by atoms with Gasteiger partial charge in [-0.15, -0.1) is 0 Å². The number of likely N-dealkylation sites (tertiary alicyclic amines) is 1. The van der Waals surface area contributed by atoms with Crippen LogP contribution in [0.1, 0.15) is 54.7 Å². The van der Waals surface area contributed by atoms with E-state index in [-0.39, 0.29) is 29.8 Å². The number of hydrogen-bond acceptors (Lipinski definition) is 5. The number of carbonyl (C=O) groups excluding carboxylic acids is 2. The molecule has 1 aromatic heterocycles.